The van der Waals surface area contributed by atoms with Gasteiger partial charge >= 0.3 is 0 Å². The summed E-state index contributed by atoms with van der Waals surface area (Å²) in [5.74, 6) is 1.07. The normalized spacial score (nSPS) is 26.4. The number of fused-ring (bicyclic) bond motifs is 1. The Kier molecular flexibility index (Phi) is 3.83. The van der Waals surface area contributed by atoms with Crippen molar-refractivity contribution in [1.82, 2.24) is 14.1 Å². The Morgan fingerprint density at radius 2 is 1.86 bits per heavy atom. The van der Waals surface area contributed by atoms with E-state index in [4.69, 9.17) is 5.11 Å². The molecule has 1 aliphatic carbocycles. The van der Waals surface area contributed by atoms with E-state index in [1.165, 1.54) is 6.42 Å². The summed E-state index contributed by atoms with van der Waals surface area (Å²) in [4.78, 5) is 0.330. The average Bonchev–Trinajstić information content (AvgIpc) is 3.04. The average molecular weight is 313 g/mol. The Labute approximate surface area is 125 Å². The van der Waals surface area contributed by atoms with Gasteiger partial charge in [0.05, 0.1) is 24.5 Å². The first-order chi connectivity index (χ1) is 9.95. The van der Waals surface area contributed by atoms with Crippen LogP contribution in [0.4, 0.5) is 0 Å². The van der Waals surface area contributed by atoms with E-state index in [1.807, 2.05) is 0 Å². The van der Waals surface area contributed by atoms with Crippen molar-refractivity contribution in [1.29, 1.82) is 0 Å². The highest BCUT2D eigenvalue weighted by Gasteiger charge is 2.42. The monoisotopic (exact) mass is 313 g/mol. The van der Waals surface area contributed by atoms with Crippen LogP contribution >= 0.6 is 0 Å². The Balaban J connectivity index is 1.92. The van der Waals surface area contributed by atoms with Gasteiger partial charge in [-0.3, -0.25) is 4.68 Å². The van der Waals surface area contributed by atoms with Gasteiger partial charge in [0, 0.05) is 13.1 Å². The molecule has 1 saturated carbocycles. The molecule has 2 fully saturated rings. The number of nitrogens with zero attached hydrogens (tertiary/aromatic N) is 3. The van der Waals surface area contributed by atoms with Gasteiger partial charge in [-0.1, -0.05) is 6.42 Å². The van der Waals surface area contributed by atoms with Gasteiger partial charge in [-0.25, -0.2) is 8.42 Å². The predicted octanol–water partition coefficient (Wildman–Crippen LogP) is 0.913. The number of aliphatic hydroxyl groups excluding tert-OH is 1. The molecule has 0 amide bonds. The van der Waals surface area contributed by atoms with Gasteiger partial charge in [0.15, 0.2) is 0 Å². The van der Waals surface area contributed by atoms with Crippen molar-refractivity contribution < 1.29 is 13.5 Å². The van der Waals surface area contributed by atoms with E-state index in [1.54, 1.807) is 22.8 Å². The summed E-state index contributed by atoms with van der Waals surface area (Å²) < 4.78 is 29.1. The summed E-state index contributed by atoms with van der Waals surface area (Å²) in [7, 11) is -3.47. The molecule has 1 aliphatic heterocycles. The third-order valence-corrected chi connectivity index (χ3v) is 7.00. The second-order valence-electron chi connectivity index (χ2n) is 6.22. The quantitative estimate of drug-likeness (QED) is 0.896. The lowest BCUT2D eigenvalue weighted by molar-refractivity contribution is 0.267. The molecule has 0 radical (unpaired) electrons. The van der Waals surface area contributed by atoms with Crippen LogP contribution in [0.2, 0.25) is 0 Å². The van der Waals surface area contributed by atoms with Crippen molar-refractivity contribution in [3.8, 4) is 0 Å². The fraction of sp³-hybridized carbons (Fsp3) is 0.786. The topological polar surface area (TPSA) is 75.4 Å². The Morgan fingerprint density at radius 1 is 1.24 bits per heavy atom. The minimum Gasteiger partial charge on any atom is -0.394 e. The predicted molar refractivity (Wildman–Crippen MR) is 78.4 cm³/mol. The Bertz CT molecular complexity index is 626. The highest BCUT2D eigenvalue weighted by molar-refractivity contribution is 7.89. The minimum atomic E-state index is -3.47. The zero-order valence-electron chi connectivity index (χ0n) is 12.6. The zero-order chi connectivity index (χ0) is 15.2. The molecule has 6 nitrogen and oxygen atoms in total. The van der Waals surface area contributed by atoms with Crippen molar-refractivity contribution >= 4 is 10.0 Å². The molecular formula is C14H23N3O3S. The molecule has 1 aromatic rings. The molecule has 2 aliphatic rings. The van der Waals surface area contributed by atoms with E-state index in [-0.39, 0.29) is 6.61 Å². The van der Waals surface area contributed by atoms with E-state index in [0.717, 1.165) is 12.8 Å². The molecule has 2 heterocycles. The highest BCUT2D eigenvalue weighted by Crippen LogP contribution is 2.40. The van der Waals surface area contributed by atoms with Crippen molar-refractivity contribution in [3.05, 3.63) is 11.4 Å². The Morgan fingerprint density at radius 3 is 2.43 bits per heavy atom. The molecular weight excluding hydrogens is 290 g/mol. The molecule has 3 rings (SSSR count). The number of aryl methyl sites for hydroxylation is 1. The summed E-state index contributed by atoms with van der Waals surface area (Å²) in [6, 6.07) is 0. The van der Waals surface area contributed by atoms with Crippen LogP contribution < -0.4 is 0 Å². The molecule has 2 unspecified atom stereocenters. The van der Waals surface area contributed by atoms with Gasteiger partial charge in [-0.2, -0.15) is 9.40 Å². The molecule has 1 saturated heterocycles. The molecule has 1 N–H and O–H groups in total. The van der Waals surface area contributed by atoms with Crippen LogP contribution in [-0.4, -0.2) is 47.3 Å². The van der Waals surface area contributed by atoms with Crippen LogP contribution in [-0.2, 0) is 16.6 Å². The van der Waals surface area contributed by atoms with Crippen LogP contribution in [0.1, 0.15) is 30.7 Å². The lowest BCUT2D eigenvalue weighted by Gasteiger charge is -2.17. The fourth-order valence-corrected chi connectivity index (χ4v) is 5.81. The number of rotatable bonds is 4. The summed E-state index contributed by atoms with van der Waals surface area (Å²) in [5, 5.41) is 13.3. The van der Waals surface area contributed by atoms with Gasteiger partial charge < -0.3 is 5.11 Å². The first kappa shape index (κ1) is 15.0. The number of hydrogen-bond acceptors (Lipinski definition) is 4. The van der Waals surface area contributed by atoms with Gasteiger partial charge in [0.2, 0.25) is 10.0 Å². The maximum Gasteiger partial charge on any atom is 0.246 e. The summed E-state index contributed by atoms with van der Waals surface area (Å²) in [6.45, 7) is 5.07. The lowest BCUT2D eigenvalue weighted by atomic mass is 10.0. The van der Waals surface area contributed by atoms with E-state index in [9.17, 15) is 8.42 Å². The molecule has 21 heavy (non-hydrogen) atoms. The maximum absolute atomic E-state index is 12.9. The summed E-state index contributed by atoms with van der Waals surface area (Å²) >= 11 is 0. The third-order valence-electron chi connectivity index (χ3n) is 4.92. The summed E-state index contributed by atoms with van der Waals surface area (Å²) in [5.41, 5.74) is 1.15. The van der Waals surface area contributed by atoms with Gasteiger partial charge in [-0.05, 0) is 38.5 Å². The fourth-order valence-electron chi connectivity index (χ4n) is 3.88. The molecule has 0 spiro atoms. The molecule has 1 aromatic heterocycles. The van der Waals surface area contributed by atoms with Crippen LogP contribution in [0, 0.1) is 25.7 Å². The van der Waals surface area contributed by atoms with Crippen LogP contribution in [0.15, 0.2) is 4.90 Å². The second kappa shape index (κ2) is 5.37. The molecule has 0 aromatic carbocycles. The van der Waals surface area contributed by atoms with Crippen LogP contribution in [0.5, 0.6) is 0 Å². The number of aliphatic hydroxyl groups is 1. The maximum atomic E-state index is 12.9. The standard InChI is InChI=1S/C14H23N3O3S/c1-10-14(11(2)17(15-10)6-7-18)21(19,20)16-8-12-4-3-5-13(12)9-16/h12-13,18H,3-9H2,1-2H3. The second-order valence-corrected chi connectivity index (χ2v) is 8.09. The zero-order valence-corrected chi connectivity index (χ0v) is 13.4. The lowest BCUT2D eigenvalue weighted by Crippen LogP contribution is -2.30. The van der Waals surface area contributed by atoms with Gasteiger partial charge in [0.25, 0.3) is 0 Å². The number of sulfonamides is 1. The van der Waals surface area contributed by atoms with E-state index < -0.39 is 10.0 Å². The first-order valence-electron chi connectivity index (χ1n) is 7.60. The molecule has 2 atom stereocenters. The van der Waals surface area contributed by atoms with E-state index in [2.05, 4.69) is 5.10 Å². The van der Waals surface area contributed by atoms with Crippen LogP contribution in [0.25, 0.3) is 0 Å². The van der Waals surface area contributed by atoms with Crippen molar-refractivity contribution in [2.24, 2.45) is 11.8 Å². The van der Waals surface area contributed by atoms with Gasteiger partial charge in [0.1, 0.15) is 4.90 Å². The number of aromatic nitrogens is 2. The Hall–Kier alpha value is -0.920. The van der Waals surface area contributed by atoms with Crippen molar-refractivity contribution in [2.45, 2.75) is 44.6 Å². The molecule has 7 heteroatoms. The van der Waals surface area contributed by atoms with E-state index >= 15 is 0 Å². The SMILES string of the molecule is Cc1nn(CCO)c(C)c1S(=O)(=O)N1CC2CCCC2C1. The molecule has 0 bridgehead atoms. The smallest absolute Gasteiger partial charge is 0.246 e. The number of hydrogen-bond donors (Lipinski definition) is 1. The van der Waals surface area contributed by atoms with Crippen molar-refractivity contribution in [3.63, 3.8) is 0 Å². The molecule has 118 valence electrons. The largest absolute Gasteiger partial charge is 0.394 e. The minimum absolute atomic E-state index is 0.0463. The van der Waals surface area contributed by atoms with Crippen molar-refractivity contribution in [2.75, 3.05) is 19.7 Å². The van der Waals surface area contributed by atoms with Crippen LogP contribution in [0.3, 0.4) is 0 Å². The summed E-state index contributed by atoms with van der Waals surface area (Å²) in [6.07, 6.45) is 3.53. The van der Waals surface area contributed by atoms with E-state index in [0.29, 0.717) is 47.8 Å². The third kappa shape index (κ3) is 2.41. The first-order valence-corrected chi connectivity index (χ1v) is 9.04. The van der Waals surface area contributed by atoms with Gasteiger partial charge in [-0.15, -0.1) is 0 Å². The highest BCUT2D eigenvalue weighted by atomic mass is 32.2.